The molecule has 0 heterocycles. The molecule has 2 aromatic carbocycles. The number of carbonyl (C=O) groups is 1. The predicted octanol–water partition coefficient (Wildman–Crippen LogP) is 5.21. The molecule has 0 atom stereocenters. The van der Waals surface area contributed by atoms with E-state index in [1.54, 1.807) is 12.1 Å². The first kappa shape index (κ1) is 21.4. The van der Waals surface area contributed by atoms with Gasteiger partial charge in [0.25, 0.3) is 5.91 Å². The van der Waals surface area contributed by atoms with Crippen molar-refractivity contribution in [3.63, 3.8) is 0 Å². The van der Waals surface area contributed by atoms with E-state index in [0.29, 0.717) is 24.5 Å². The number of benzene rings is 2. The third-order valence-corrected chi connectivity index (χ3v) is 4.70. The molecule has 2 rings (SSSR count). The fourth-order valence-electron chi connectivity index (χ4n) is 2.51. The lowest BCUT2D eigenvalue weighted by atomic mass is 10.2. The van der Waals surface area contributed by atoms with Crippen LogP contribution in [0, 0.1) is 0 Å². The van der Waals surface area contributed by atoms with Gasteiger partial charge in [0, 0.05) is 11.0 Å². The van der Waals surface area contributed by atoms with E-state index in [2.05, 4.69) is 33.5 Å². The van der Waals surface area contributed by atoms with E-state index in [1.807, 2.05) is 36.4 Å². The largest absolute Gasteiger partial charge is 0.493 e. The van der Waals surface area contributed by atoms with E-state index in [4.69, 9.17) is 17.0 Å². The van der Waals surface area contributed by atoms with Gasteiger partial charge >= 0.3 is 0 Å². The van der Waals surface area contributed by atoms with E-state index >= 15 is 0 Å². The summed E-state index contributed by atoms with van der Waals surface area (Å²) in [5.74, 6) is 0.281. The van der Waals surface area contributed by atoms with Crippen LogP contribution >= 0.6 is 28.1 Å². The molecule has 0 bridgehead atoms. The van der Waals surface area contributed by atoms with Gasteiger partial charge in [0.15, 0.2) is 5.11 Å². The van der Waals surface area contributed by atoms with E-state index in [-0.39, 0.29) is 11.0 Å². The molecule has 4 nitrogen and oxygen atoms in total. The maximum absolute atomic E-state index is 12.6. The van der Waals surface area contributed by atoms with Gasteiger partial charge in [-0.05, 0) is 42.4 Å². The Kier molecular flexibility index (Phi) is 9.28. The zero-order valence-corrected chi connectivity index (χ0v) is 17.9. The minimum Gasteiger partial charge on any atom is -0.493 e. The first-order valence-corrected chi connectivity index (χ1v) is 10.4. The van der Waals surface area contributed by atoms with E-state index in [9.17, 15) is 4.79 Å². The summed E-state index contributed by atoms with van der Waals surface area (Å²) in [6, 6.07) is 15.3. The Bertz CT molecular complexity index is 753. The monoisotopic (exact) mass is 448 g/mol. The number of hydrogen-bond acceptors (Lipinski definition) is 3. The molecule has 1 amide bonds. The standard InChI is InChI=1S/C21H25BrN2O2S/c1-2-3-4-8-13-26-19-12-11-17(22)14-18(19)20(25)24-21(27)23-15-16-9-6-5-7-10-16/h5-7,9-12,14H,2-4,8,13,15H2,1H3,(H2,23,24,25,27). The van der Waals surface area contributed by atoms with Crippen LogP contribution in [0.2, 0.25) is 0 Å². The Labute approximate surface area is 174 Å². The summed E-state index contributed by atoms with van der Waals surface area (Å²) >= 11 is 8.66. The van der Waals surface area contributed by atoms with Crippen molar-refractivity contribution in [1.29, 1.82) is 0 Å². The number of amides is 1. The van der Waals surface area contributed by atoms with Gasteiger partial charge in [-0.1, -0.05) is 72.4 Å². The van der Waals surface area contributed by atoms with Crippen LogP contribution in [-0.4, -0.2) is 17.6 Å². The first-order chi connectivity index (χ1) is 13.1. The zero-order valence-electron chi connectivity index (χ0n) is 15.5. The number of unbranched alkanes of at least 4 members (excludes halogenated alkanes) is 3. The molecular weight excluding hydrogens is 424 g/mol. The minimum atomic E-state index is -0.287. The zero-order chi connectivity index (χ0) is 19.5. The Morgan fingerprint density at radius 2 is 1.89 bits per heavy atom. The van der Waals surface area contributed by atoms with Crippen molar-refractivity contribution in [2.75, 3.05) is 6.61 Å². The maximum Gasteiger partial charge on any atom is 0.261 e. The van der Waals surface area contributed by atoms with Crippen LogP contribution in [0.25, 0.3) is 0 Å². The molecule has 0 fully saturated rings. The van der Waals surface area contributed by atoms with Gasteiger partial charge in [-0.15, -0.1) is 0 Å². The lowest BCUT2D eigenvalue weighted by Crippen LogP contribution is -2.39. The molecule has 0 unspecified atom stereocenters. The SMILES string of the molecule is CCCCCCOc1ccc(Br)cc1C(=O)NC(=S)NCc1ccccc1. The minimum absolute atomic E-state index is 0.287. The molecule has 0 aliphatic carbocycles. The van der Waals surface area contributed by atoms with E-state index < -0.39 is 0 Å². The quantitative estimate of drug-likeness (QED) is 0.408. The maximum atomic E-state index is 12.6. The van der Waals surface area contributed by atoms with Crippen LogP contribution in [0.1, 0.15) is 48.5 Å². The molecule has 0 saturated carbocycles. The number of ether oxygens (including phenoxy) is 1. The molecular formula is C21H25BrN2O2S. The smallest absolute Gasteiger partial charge is 0.261 e. The second-order valence-corrected chi connectivity index (χ2v) is 7.50. The second kappa shape index (κ2) is 11.7. The van der Waals surface area contributed by atoms with Gasteiger partial charge in [-0.2, -0.15) is 0 Å². The Balaban J connectivity index is 1.91. The third kappa shape index (κ3) is 7.69. The highest BCUT2D eigenvalue weighted by Crippen LogP contribution is 2.23. The number of halogens is 1. The average Bonchev–Trinajstić information content (AvgIpc) is 2.68. The molecule has 0 radical (unpaired) electrons. The first-order valence-electron chi connectivity index (χ1n) is 9.15. The lowest BCUT2D eigenvalue weighted by molar-refractivity contribution is 0.0972. The lowest BCUT2D eigenvalue weighted by Gasteiger charge is -2.13. The molecule has 0 aliphatic rings. The van der Waals surface area contributed by atoms with Crippen molar-refractivity contribution in [1.82, 2.24) is 10.6 Å². The van der Waals surface area contributed by atoms with Crippen molar-refractivity contribution < 1.29 is 9.53 Å². The number of nitrogens with one attached hydrogen (secondary N) is 2. The van der Waals surface area contributed by atoms with Crippen molar-refractivity contribution in [2.24, 2.45) is 0 Å². The Hall–Kier alpha value is -1.92. The van der Waals surface area contributed by atoms with Crippen molar-refractivity contribution >= 4 is 39.2 Å². The highest BCUT2D eigenvalue weighted by atomic mass is 79.9. The van der Waals surface area contributed by atoms with Gasteiger partial charge in [0.05, 0.1) is 12.2 Å². The molecule has 0 saturated heterocycles. The van der Waals surface area contributed by atoms with Crippen LogP contribution in [0.4, 0.5) is 0 Å². The Morgan fingerprint density at radius 3 is 2.63 bits per heavy atom. The van der Waals surface area contributed by atoms with Gasteiger partial charge in [-0.25, -0.2) is 0 Å². The van der Waals surface area contributed by atoms with E-state index in [1.165, 1.54) is 12.8 Å². The molecule has 0 aromatic heterocycles. The number of rotatable bonds is 9. The summed E-state index contributed by atoms with van der Waals surface area (Å²) in [4.78, 5) is 12.6. The second-order valence-electron chi connectivity index (χ2n) is 6.17. The molecule has 6 heteroatoms. The van der Waals surface area contributed by atoms with Gasteiger partial charge in [0.1, 0.15) is 5.75 Å². The summed E-state index contributed by atoms with van der Waals surface area (Å²) in [6.07, 6.45) is 4.47. The van der Waals surface area contributed by atoms with Gasteiger partial charge in [-0.3, -0.25) is 10.1 Å². The summed E-state index contributed by atoms with van der Waals surface area (Å²) < 4.78 is 6.64. The van der Waals surface area contributed by atoms with Crippen LogP contribution in [0.5, 0.6) is 5.75 Å². The van der Waals surface area contributed by atoms with E-state index in [0.717, 1.165) is 22.9 Å². The van der Waals surface area contributed by atoms with Crippen molar-refractivity contribution in [3.05, 3.63) is 64.1 Å². The number of thiocarbonyl (C=S) groups is 1. The third-order valence-electron chi connectivity index (χ3n) is 3.96. The van der Waals surface area contributed by atoms with Crippen LogP contribution in [0.15, 0.2) is 53.0 Å². The average molecular weight is 449 g/mol. The van der Waals surface area contributed by atoms with Crippen LogP contribution in [-0.2, 0) is 6.54 Å². The van der Waals surface area contributed by atoms with Crippen LogP contribution < -0.4 is 15.4 Å². The highest BCUT2D eigenvalue weighted by molar-refractivity contribution is 9.10. The fourth-order valence-corrected chi connectivity index (χ4v) is 3.04. The van der Waals surface area contributed by atoms with Crippen molar-refractivity contribution in [3.8, 4) is 5.75 Å². The topological polar surface area (TPSA) is 50.4 Å². The summed E-state index contributed by atoms with van der Waals surface area (Å²) in [5.41, 5.74) is 1.55. The van der Waals surface area contributed by atoms with Crippen molar-refractivity contribution in [2.45, 2.75) is 39.2 Å². The molecule has 27 heavy (non-hydrogen) atoms. The summed E-state index contributed by atoms with van der Waals surface area (Å²) in [7, 11) is 0. The molecule has 0 spiro atoms. The molecule has 2 aromatic rings. The number of hydrogen-bond donors (Lipinski definition) is 2. The normalized spacial score (nSPS) is 10.3. The van der Waals surface area contributed by atoms with Gasteiger partial charge < -0.3 is 10.1 Å². The highest BCUT2D eigenvalue weighted by Gasteiger charge is 2.14. The molecule has 0 aliphatic heterocycles. The summed E-state index contributed by atoms with van der Waals surface area (Å²) in [5, 5.41) is 6.06. The fraction of sp³-hybridized carbons (Fsp3) is 0.333. The summed E-state index contributed by atoms with van der Waals surface area (Å²) in [6.45, 7) is 3.32. The van der Waals surface area contributed by atoms with Crippen LogP contribution in [0.3, 0.4) is 0 Å². The Morgan fingerprint density at radius 1 is 1.11 bits per heavy atom. The van der Waals surface area contributed by atoms with Gasteiger partial charge in [0.2, 0.25) is 0 Å². The number of carbonyl (C=O) groups excluding carboxylic acids is 1. The molecule has 144 valence electrons. The molecule has 2 N–H and O–H groups in total. The predicted molar refractivity (Wildman–Crippen MR) is 117 cm³/mol.